The number of fused-ring (bicyclic) bond motifs is 12. The van der Waals surface area contributed by atoms with Crippen molar-refractivity contribution in [3.63, 3.8) is 0 Å². The van der Waals surface area contributed by atoms with Crippen molar-refractivity contribution >= 4 is 53.3 Å². The molecule has 0 saturated carbocycles. The van der Waals surface area contributed by atoms with Crippen molar-refractivity contribution in [2.45, 2.75) is 19.3 Å². The standard InChI is InChI=1S/C32H22N2S/c1-32(2)23-12-6-3-9-20(23)26-29(32)27-22-11-5-8-14-25(22)35-31(27)28-21-10-4-7-13-24(21)34(30(26)28)19-15-17-33-18-16-19/h3-18H,1-2H3. The Morgan fingerprint density at radius 3 is 2.31 bits per heavy atom. The summed E-state index contributed by atoms with van der Waals surface area (Å²) in [5.41, 5.74) is 9.20. The van der Waals surface area contributed by atoms with Crippen molar-refractivity contribution in [2.24, 2.45) is 0 Å². The van der Waals surface area contributed by atoms with Crippen LogP contribution in [0, 0.1) is 0 Å². The van der Waals surface area contributed by atoms with Gasteiger partial charge in [-0.15, -0.1) is 11.3 Å². The number of hydrogen-bond acceptors (Lipinski definition) is 2. The Balaban J connectivity index is 1.76. The molecule has 0 aliphatic heterocycles. The average Bonchev–Trinajstić information content (AvgIpc) is 3.51. The Kier molecular flexibility index (Phi) is 3.64. The molecule has 0 spiro atoms. The molecule has 0 unspecified atom stereocenters. The van der Waals surface area contributed by atoms with E-state index in [-0.39, 0.29) is 5.41 Å². The average molecular weight is 467 g/mol. The molecular formula is C32H22N2S. The van der Waals surface area contributed by atoms with Crippen LogP contribution in [0.5, 0.6) is 0 Å². The van der Waals surface area contributed by atoms with Crippen LogP contribution in [0.15, 0.2) is 97.3 Å². The van der Waals surface area contributed by atoms with Gasteiger partial charge in [-0.2, -0.15) is 0 Å². The molecule has 7 aromatic rings. The Morgan fingerprint density at radius 2 is 1.46 bits per heavy atom. The van der Waals surface area contributed by atoms with E-state index >= 15 is 0 Å². The van der Waals surface area contributed by atoms with Crippen LogP contribution in [-0.2, 0) is 5.41 Å². The highest BCUT2D eigenvalue weighted by Crippen LogP contribution is 2.58. The van der Waals surface area contributed by atoms with Crippen LogP contribution in [0.3, 0.4) is 0 Å². The predicted octanol–water partition coefficient (Wildman–Crippen LogP) is 8.85. The Bertz CT molecular complexity index is 1970. The van der Waals surface area contributed by atoms with Crippen molar-refractivity contribution < 1.29 is 0 Å². The highest BCUT2D eigenvalue weighted by molar-refractivity contribution is 7.26. The van der Waals surface area contributed by atoms with Gasteiger partial charge in [-0.25, -0.2) is 0 Å². The molecule has 2 nitrogen and oxygen atoms in total. The fourth-order valence-corrected chi connectivity index (χ4v) is 7.72. The molecule has 0 atom stereocenters. The molecule has 35 heavy (non-hydrogen) atoms. The highest BCUT2D eigenvalue weighted by Gasteiger charge is 2.40. The molecule has 0 amide bonds. The predicted molar refractivity (Wildman–Crippen MR) is 149 cm³/mol. The normalized spacial score (nSPS) is 14.2. The Hall–Kier alpha value is -3.95. The second-order valence-electron chi connectivity index (χ2n) is 10.0. The quantitative estimate of drug-likeness (QED) is 0.236. The zero-order valence-electron chi connectivity index (χ0n) is 19.5. The molecule has 4 aromatic carbocycles. The van der Waals surface area contributed by atoms with Crippen molar-refractivity contribution in [1.29, 1.82) is 0 Å². The fourth-order valence-electron chi connectivity index (χ4n) is 6.45. The summed E-state index contributed by atoms with van der Waals surface area (Å²) in [7, 11) is 0. The number of rotatable bonds is 1. The van der Waals surface area contributed by atoms with Crippen LogP contribution in [0.4, 0.5) is 0 Å². The Labute approximate surface area is 207 Å². The van der Waals surface area contributed by atoms with Crippen molar-refractivity contribution in [3.8, 4) is 16.8 Å². The van der Waals surface area contributed by atoms with Crippen LogP contribution in [0.2, 0.25) is 0 Å². The maximum atomic E-state index is 4.31. The fraction of sp³-hybridized carbons (Fsp3) is 0.0938. The van der Waals surface area contributed by atoms with E-state index in [9.17, 15) is 0 Å². The van der Waals surface area contributed by atoms with Crippen molar-refractivity contribution in [1.82, 2.24) is 9.55 Å². The lowest BCUT2D eigenvalue weighted by molar-refractivity contribution is 0.667. The first kappa shape index (κ1) is 19.4. The minimum atomic E-state index is -0.0955. The van der Waals surface area contributed by atoms with Gasteiger partial charge < -0.3 is 4.57 Å². The van der Waals surface area contributed by atoms with Crippen LogP contribution in [-0.4, -0.2) is 9.55 Å². The molecule has 1 aliphatic carbocycles. The molecular weight excluding hydrogens is 444 g/mol. The highest BCUT2D eigenvalue weighted by atomic mass is 32.1. The maximum Gasteiger partial charge on any atom is 0.0637 e. The first-order chi connectivity index (χ1) is 17.2. The van der Waals surface area contributed by atoms with Crippen LogP contribution < -0.4 is 0 Å². The third-order valence-electron chi connectivity index (χ3n) is 7.85. The van der Waals surface area contributed by atoms with E-state index < -0.39 is 0 Å². The summed E-state index contributed by atoms with van der Waals surface area (Å²) >= 11 is 1.93. The van der Waals surface area contributed by atoms with E-state index in [1.165, 1.54) is 64.2 Å². The molecule has 3 heterocycles. The molecule has 1 aliphatic rings. The molecule has 3 aromatic heterocycles. The SMILES string of the molecule is CC1(C)c2ccccc2-c2c1c1c3ccccc3sc1c1c3ccccc3n(-c3ccncc3)c21. The van der Waals surface area contributed by atoms with Gasteiger partial charge in [-0.3, -0.25) is 4.98 Å². The maximum absolute atomic E-state index is 4.31. The van der Waals surface area contributed by atoms with Gasteiger partial charge in [-0.05, 0) is 41.0 Å². The van der Waals surface area contributed by atoms with Gasteiger partial charge in [0.1, 0.15) is 0 Å². The van der Waals surface area contributed by atoms with Crippen molar-refractivity contribution in [3.05, 3.63) is 108 Å². The molecule has 8 rings (SSSR count). The van der Waals surface area contributed by atoms with E-state index in [1.54, 1.807) is 0 Å². The lowest BCUT2D eigenvalue weighted by atomic mass is 9.80. The summed E-state index contributed by atoms with van der Waals surface area (Å²) in [6.07, 6.45) is 3.79. The molecule has 3 heteroatoms. The lowest BCUT2D eigenvalue weighted by Gasteiger charge is -2.23. The monoisotopic (exact) mass is 466 g/mol. The van der Waals surface area contributed by atoms with Crippen LogP contribution >= 0.6 is 11.3 Å². The van der Waals surface area contributed by atoms with Gasteiger partial charge in [0.25, 0.3) is 0 Å². The molecule has 166 valence electrons. The van der Waals surface area contributed by atoms with E-state index in [2.05, 4.69) is 108 Å². The van der Waals surface area contributed by atoms with Crippen LogP contribution in [0.25, 0.3) is 58.8 Å². The van der Waals surface area contributed by atoms with Gasteiger partial charge in [0.2, 0.25) is 0 Å². The molecule has 0 saturated heterocycles. The summed E-state index contributed by atoms with van der Waals surface area (Å²) in [4.78, 5) is 4.31. The molecule has 0 bridgehead atoms. The molecule has 0 N–H and O–H groups in total. The number of hydrogen-bond donors (Lipinski definition) is 0. The van der Waals surface area contributed by atoms with E-state index in [4.69, 9.17) is 0 Å². The molecule has 0 fully saturated rings. The van der Waals surface area contributed by atoms with Gasteiger partial charge in [-0.1, -0.05) is 74.5 Å². The van der Waals surface area contributed by atoms with Gasteiger partial charge >= 0.3 is 0 Å². The molecule has 0 radical (unpaired) electrons. The first-order valence-electron chi connectivity index (χ1n) is 12.1. The summed E-state index contributed by atoms with van der Waals surface area (Å²) in [5, 5.41) is 5.46. The number of thiophene rings is 1. The van der Waals surface area contributed by atoms with E-state index in [0.717, 1.165) is 5.69 Å². The van der Waals surface area contributed by atoms with Crippen LogP contribution in [0.1, 0.15) is 25.0 Å². The van der Waals surface area contributed by atoms with E-state index in [1.807, 2.05) is 23.7 Å². The third kappa shape index (κ3) is 2.32. The smallest absolute Gasteiger partial charge is 0.0637 e. The zero-order chi connectivity index (χ0) is 23.3. The number of para-hydroxylation sites is 1. The number of benzene rings is 4. The lowest BCUT2D eigenvalue weighted by Crippen LogP contribution is -2.15. The Morgan fingerprint density at radius 1 is 0.743 bits per heavy atom. The topological polar surface area (TPSA) is 17.8 Å². The first-order valence-corrected chi connectivity index (χ1v) is 12.9. The summed E-state index contributed by atoms with van der Waals surface area (Å²) < 4.78 is 5.21. The minimum absolute atomic E-state index is 0.0955. The number of pyridine rings is 1. The number of aromatic nitrogens is 2. The van der Waals surface area contributed by atoms with Gasteiger partial charge in [0, 0.05) is 60.0 Å². The summed E-state index contributed by atoms with van der Waals surface area (Å²) in [6.45, 7) is 4.80. The summed E-state index contributed by atoms with van der Waals surface area (Å²) in [6, 6.07) is 31.0. The van der Waals surface area contributed by atoms with Gasteiger partial charge in [0.15, 0.2) is 0 Å². The summed E-state index contributed by atoms with van der Waals surface area (Å²) in [5.74, 6) is 0. The van der Waals surface area contributed by atoms with Gasteiger partial charge in [0.05, 0.1) is 11.0 Å². The minimum Gasteiger partial charge on any atom is -0.308 e. The number of nitrogens with zero attached hydrogens (tertiary/aromatic N) is 2. The van der Waals surface area contributed by atoms with Crippen molar-refractivity contribution in [2.75, 3.05) is 0 Å². The van der Waals surface area contributed by atoms with E-state index in [0.29, 0.717) is 0 Å². The zero-order valence-corrected chi connectivity index (χ0v) is 20.4. The second kappa shape index (κ2) is 6.59. The third-order valence-corrected chi connectivity index (χ3v) is 9.04. The largest absolute Gasteiger partial charge is 0.308 e. The second-order valence-corrected chi connectivity index (χ2v) is 11.1.